The number of pyridine rings is 1. The summed E-state index contributed by atoms with van der Waals surface area (Å²) in [5, 5.41) is 24.4. The van der Waals surface area contributed by atoms with Crippen molar-refractivity contribution in [1.29, 1.82) is 0 Å². The number of H-pyrrole nitrogens is 1. The van der Waals surface area contributed by atoms with Crippen LogP contribution in [0.3, 0.4) is 0 Å². The third kappa shape index (κ3) is 5.50. The van der Waals surface area contributed by atoms with Gasteiger partial charge in [-0.25, -0.2) is 20.4 Å². The number of piperidine rings is 1. The Kier molecular flexibility index (Phi) is 7.14. The molecule has 5 N–H and O–H groups in total. The molecule has 0 radical (unpaired) electrons. The summed E-state index contributed by atoms with van der Waals surface area (Å²) in [7, 11) is 0. The average molecular weight is 506 g/mol. The highest BCUT2D eigenvalue weighted by atomic mass is 32.2. The van der Waals surface area contributed by atoms with Crippen molar-refractivity contribution >= 4 is 51.7 Å². The number of amides is 1. The number of anilines is 4. The zero-order chi connectivity index (χ0) is 24.9. The molecule has 0 atom stereocenters. The molecular formula is C24H27N9O2S. The van der Waals surface area contributed by atoms with Gasteiger partial charge in [-0.15, -0.1) is 0 Å². The predicted octanol–water partition coefficient (Wildman–Crippen LogP) is 3.66. The first-order valence-electron chi connectivity index (χ1n) is 11.6. The highest BCUT2D eigenvalue weighted by Crippen LogP contribution is 2.25. The van der Waals surface area contributed by atoms with Gasteiger partial charge in [0.1, 0.15) is 17.5 Å². The molecule has 4 aromatic rings. The fourth-order valence-corrected chi connectivity index (χ4v) is 4.61. The summed E-state index contributed by atoms with van der Waals surface area (Å²) in [5.74, 6) is 2.31. The maximum absolute atomic E-state index is 11.5. The average Bonchev–Trinajstić information content (AvgIpc) is 3.40. The Morgan fingerprint density at radius 3 is 2.72 bits per heavy atom. The molecule has 1 aliphatic rings. The van der Waals surface area contributed by atoms with Crippen LogP contribution in [0.25, 0.3) is 10.9 Å². The normalized spacial score (nSPS) is 14.1. The van der Waals surface area contributed by atoms with Crippen LogP contribution in [0.2, 0.25) is 0 Å². The molecule has 1 aliphatic heterocycles. The second-order valence-electron chi connectivity index (χ2n) is 8.58. The molecule has 11 nitrogen and oxygen atoms in total. The quantitative estimate of drug-likeness (QED) is 0.104. The number of aromatic nitrogens is 5. The maximum Gasteiger partial charge on any atom is 0.276 e. The molecule has 5 rings (SSSR count). The first-order chi connectivity index (χ1) is 17.6. The largest absolute Gasteiger partial charge is 0.370 e. The van der Waals surface area contributed by atoms with Crippen molar-refractivity contribution in [3.63, 3.8) is 0 Å². The molecule has 0 aliphatic carbocycles. The number of aromatic amines is 1. The molecule has 1 aromatic carbocycles. The molecule has 0 unspecified atom stereocenters. The minimum Gasteiger partial charge on any atom is -0.370 e. The maximum atomic E-state index is 11.5. The first-order valence-corrected chi connectivity index (χ1v) is 12.9. The number of carbonyl (C=O) groups excluding carboxylic acids is 1. The number of rotatable bonds is 8. The Bertz CT molecular complexity index is 1340. The minimum absolute atomic E-state index is 0.325. The third-order valence-corrected chi connectivity index (χ3v) is 6.77. The van der Waals surface area contributed by atoms with E-state index in [1.165, 1.54) is 18.0 Å². The second kappa shape index (κ2) is 10.8. The van der Waals surface area contributed by atoms with Crippen molar-refractivity contribution < 1.29 is 10.0 Å². The van der Waals surface area contributed by atoms with Gasteiger partial charge < -0.3 is 15.5 Å². The van der Waals surface area contributed by atoms with E-state index in [9.17, 15) is 4.79 Å². The third-order valence-electron chi connectivity index (χ3n) is 6.22. The van der Waals surface area contributed by atoms with E-state index < -0.39 is 5.91 Å². The van der Waals surface area contributed by atoms with E-state index >= 15 is 0 Å². The Morgan fingerprint density at radius 2 is 1.97 bits per heavy atom. The van der Waals surface area contributed by atoms with Crippen molar-refractivity contribution in [2.24, 2.45) is 5.92 Å². The van der Waals surface area contributed by atoms with Crippen molar-refractivity contribution in [2.45, 2.75) is 18.0 Å². The zero-order valence-electron chi connectivity index (χ0n) is 19.7. The van der Waals surface area contributed by atoms with E-state index in [0.717, 1.165) is 66.5 Å². The van der Waals surface area contributed by atoms with Gasteiger partial charge in [0, 0.05) is 43.0 Å². The molecule has 36 heavy (non-hydrogen) atoms. The zero-order valence-corrected chi connectivity index (χ0v) is 20.5. The van der Waals surface area contributed by atoms with E-state index in [2.05, 4.69) is 40.7 Å². The lowest BCUT2D eigenvalue weighted by atomic mass is 9.97. The highest BCUT2D eigenvalue weighted by molar-refractivity contribution is 7.98. The van der Waals surface area contributed by atoms with Crippen molar-refractivity contribution in [3.8, 4) is 0 Å². The van der Waals surface area contributed by atoms with Crippen LogP contribution < -0.4 is 21.0 Å². The van der Waals surface area contributed by atoms with Crippen LogP contribution in [0.1, 0.15) is 23.2 Å². The molecule has 1 saturated heterocycles. The molecule has 1 amide bonds. The van der Waals surface area contributed by atoms with Gasteiger partial charge in [0.05, 0.1) is 17.3 Å². The Labute approximate surface area is 212 Å². The SMILES string of the molecule is CSc1nc(NCC2CCN(c3ccc(C(=O)NO)cn3)CC2)cc(Nc2ccc3[nH]ncc3c2)n1. The summed E-state index contributed by atoms with van der Waals surface area (Å²) in [6.45, 7) is 2.59. The predicted molar refractivity (Wildman–Crippen MR) is 140 cm³/mol. The van der Waals surface area contributed by atoms with Gasteiger partial charge in [-0.3, -0.25) is 15.1 Å². The standard InChI is InChI=1S/C24H27N9O2S/c1-36-24-29-20(11-21(30-24)28-18-3-4-19-17(10-18)14-27-31-19)25-12-15-6-8-33(9-7-15)22-5-2-16(13-26-22)23(34)32-35/h2-5,10-11,13-15,35H,6-9,12H2,1H3,(H,27,31)(H,32,34)(H2,25,28,29,30). The van der Waals surface area contributed by atoms with Crippen molar-refractivity contribution in [2.75, 3.05) is 41.4 Å². The van der Waals surface area contributed by atoms with E-state index in [0.29, 0.717) is 16.6 Å². The summed E-state index contributed by atoms with van der Waals surface area (Å²) >= 11 is 1.51. The van der Waals surface area contributed by atoms with E-state index in [-0.39, 0.29) is 0 Å². The number of thioether (sulfide) groups is 1. The molecular weight excluding hydrogens is 478 g/mol. The second-order valence-corrected chi connectivity index (χ2v) is 9.35. The summed E-state index contributed by atoms with van der Waals surface area (Å²) in [6.07, 6.45) is 7.28. The van der Waals surface area contributed by atoms with E-state index in [1.807, 2.05) is 36.6 Å². The first kappa shape index (κ1) is 23.8. The topological polar surface area (TPSA) is 144 Å². The van der Waals surface area contributed by atoms with Crippen molar-refractivity contribution in [1.82, 2.24) is 30.6 Å². The number of hydroxylamine groups is 1. The van der Waals surface area contributed by atoms with Crippen LogP contribution in [-0.4, -0.2) is 62.2 Å². The van der Waals surface area contributed by atoms with Gasteiger partial charge in [-0.05, 0) is 55.3 Å². The number of nitrogens with one attached hydrogen (secondary N) is 4. The molecule has 0 spiro atoms. The van der Waals surface area contributed by atoms with Gasteiger partial charge in [-0.2, -0.15) is 5.10 Å². The molecule has 4 heterocycles. The van der Waals surface area contributed by atoms with E-state index in [4.69, 9.17) is 5.21 Å². The van der Waals surface area contributed by atoms with Crippen LogP contribution in [0.4, 0.5) is 23.1 Å². The van der Waals surface area contributed by atoms with Gasteiger partial charge in [0.15, 0.2) is 5.16 Å². The lowest BCUT2D eigenvalue weighted by Gasteiger charge is -2.33. The molecule has 0 bridgehead atoms. The number of hydrogen-bond donors (Lipinski definition) is 5. The van der Waals surface area contributed by atoms with Crippen LogP contribution in [0.15, 0.2) is 53.9 Å². The number of nitrogens with zero attached hydrogens (tertiary/aromatic N) is 5. The molecule has 3 aromatic heterocycles. The fourth-order valence-electron chi connectivity index (χ4n) is 4.23. The van der Waals surface area contributed by atoms with Crippen LogP contribution in [-0.2, 0) is 0 Å². The van der Waals surface area contributed by atoms with Gasteiger partial charge in [0.2, 0.25) is 0 Å². The number of carbonyl (C=O) groups is 1. The Hall–Kier alpha value is -3.90. The van der Waals surface area contributed by atoms with Crippen molar-refractivity contribution in [3.05, 3.63) is 54.4 Å². The van der Waals surface area contributed by atoms with Gasteiger partial charge >= 0.3 is 0 Å². The number of benzene rings is 1. The summed E-state index contributed by atoms with van der Waals surface area (Å²) < 4.78 is 0. The van der Waals surface area contributed by atoms with E-state index in [1.54, 1.807) is 17.7 Å². The molecule has 0 saturated carbocycles. The monoisotopic (exact) mass is 505 g/mol. The Balaban J connectivity index is 1.17. The van der Waals surface area contributed by atoms with Crippen LogP contribution in [0, 0.1) is 5.92 Å². The van der Waals surface area contributed by atoms with Crippen LogP contribution in [0.5, 0.6) is 0 Å². The summed E-state index contributed by atoms with van der Waals surface area (Å²) in [5.41, 5.74) is 3.87. The van der Waals surface area contributed by atoms with Gasteiger partial charge in [0.25, 0.3) is 5.91 Å². The lowest BCUT2D eigenvalue weighted by Crippen LogP contribution is -2.36. The van der Waals surface area contributed by atoms with Crippen LogP contribution >= 0.6 is 11.8 Å². The lowest BCUT2D eigenvalue weighted by molar-refractivity contribution is 0.0706. The molecule has 12 heteroatoms. The minimum atomic E-state index is -0.564. The molecule has 1 fully saturated rings. The number of fused-ring (bicyclic) bond motifs is 1. The summed E-state index contributed by atoms with van der Waals surface area (Å²) in [6, 6.07) is 11.4. The summed E-state index contributed by atoms with van der Waals surface area (Å²) in [4.78, 5) is 27.3. The fraction of sp³-hybridized carbons (Fsp3) is 0.292. The Morgan fingerprint density at radius 1 is 1.14 bits per heavy atom. The highest BCUT2D eigenvalue weighted by Gasteiger charge is 2.20. The number of hydrogen-bond acceptors (Lipinski definition) is 10. The smallest absolute Gasteiger partial charge is 0.276 e. The van der Waals surface area contributed by atoms with Gasteiger partial charge in [-0.1, -0.05) is 11.8 Å². The molecule has 186 valence electrons.